The van der Waals surface area contributed by atoms with Gasteiger partial charge in [-0.2, -0.15) is 5.10 Å². The summed E-state index contributed by atoms with van der Waals surface area (Å²) >= 11 is 0. The van der Waals surface area contributed by atoms with Crippen LogP contribution in [0.15, 0.2) is 34.4 Å². The van der Waals surface area contributed by atoms with E-state index in [1.54, 1.807) is 6.21 Å². The second kappa shape index (κ2) is 3.91. The van der Waals surface area contributed by atoms with E-state index in [4.69, 9.17) is 0 Å². The van der Waals surface area contributed by atoms with E-state index in [9.17, 15) is 0 Å². The Kier molecular flexibility index (Phi) is 2.37. The fourth-order valence-corrected chi connectivity index (χ4v) is 1.91. The zero-order chi connectivity index (χ0) is 12.7. The Morgan fingerprint density at radius 2 is 1.78 bits per heavy atom. The van der Waals surface area contributed by atoms with Crippen LogP contribution in [0.3, 0.4) is 0 Å². The third kappa shape index (κ3) is 1.66. The Morgan fingerprint density at radius 3 is 2.50 bits per heavy atom. The van der Waals surface area contributed by atoms with Crippen LogP contribution in [0.25, 0.3) is 0 Å². The zero-order valence-corrected chi connectivity index (χ0v) is 10.7. The van der Waals surface area contributed by atoms with Gasteiger partial charge in [0.25, 0.3) is 0 Å². The van der Waals surface area contributed by atoms with Gasteiger partial charge in [-0.3, -0.25) is 0 Å². The molecule has 0 unspecified atom stereocenters. The number of nitrogens with zero attached hydrogens (tertiary/aromatic N) is 4. The summed E-state index contributed by atoms with van der Waals surface area (Å²) in [5.74, 6) is 0.825. The maximum Gasteiger partial charge on any atom is 0.181 e. The number of benzene rings is 1. The number of fused-ring (bicyclic) bond motifs is 1. The van der Waals surface area contributed by atoms with Crippen LogP contribution in [-0.4, -0.2) is 21.6 Å². The summed E-state index contributed by atoms with van der Waals surface area (Å²) in [4.78, 5) is 9.07. The van der Waals surface area contributed by atoms with E-state index in [1.807, 2.05) is 30.7 Å². The smallest absolute Gasteiger partial charge is 0.181 e. The summed E-state index contributed by atoms with van der Waals surface area (Å²) in [5, 5.41) is 4.31. The minimum Gasteiger partial charge on any atom is -0.243 e. The maximum absolute atomic E-state index is 4.58. The second-order valence-electron chi connectivity index (χ2n) is 4.50. The number of aliphatic imine (C=N–C) groups is 1. The molecule has 2 aromatic rings. The topological polar surface area (TPSA) is 42.5 Å². The van der Waals surface area contributed by atoms with Crippen LogP contribution in [0.2, 0.25) is 0 Å². The van der Waals surface area contributed by atoms with Gasteiger partial charge in [-0.15, -0.1) is 0 Å². The molecule has 1 aliphatic rings. The molecule has 0 fully saturated rings. The van der Waals surface area contributed by atoms with Crippen molar-refractivity contribution in [2.24, 2.45) is 10.1 Å². The van der Waals surface area contributed by atoms with Gasteiger partial charge >= 0.3 is 0 Å². The van der Waals surface area contributed by atoms with Crippen LogP contribution in [0.1, 0.15) is 22.8 Å². The average molecular weight is 238 g/mol. The van der Waals surface area contributed by atoms with Crippen molar-refractivity contribution in [2.45, 2.75) is 20.8 Å². The molecule has 2 heterocycles. The number of aromatic nitrogens is 2. The summed E-state index contributed by atoms with van der Waals surface area (Å²) in [6, 6.07) is 8.10. The van der Waals surface area contributed by atoms with Crippen molar-refractivity contribution in [3.05, 3.63) is 47.0 Å². The van der Waals surface area contributed by atoms with Crippen molar-refractivity contribution in [2.75, 3.05) is 0 Å². The molecule has 0 atom stereocenters. The van der Waals surface area contributed by atoms with Crippen molar-refractivity contribution in [3.8, 4) is 0 Å². The van der Waals surface area contributed by atoms with E-state index in [1.165, 1.54) is 5.56 Å². The summed E-state index contributed by atoms with van der Waals surface area (Å²) in [7, 11) is 0. The van der Waals surface area contributed by atoms with E-state index >= 15 is 0 Å². The van der Waals surface area contributed by atoms with Gasteiger partial charge in [-0.1, -0.05) is 17.7 Å². The normalized spacial score (nSPS) is 15.4. The van der Waals surface area contributed by atoms with E-state index in [2.05, 4.69) is 34.1 Å². The standard InChI is InChI=1S/C14H14N4/c1-9-4-6-12(7-5-9)17-13-8-15-18-11(3)10(2)16-14(13)18/h4-8H,1-3H3. The Hall–Kier alpha value is -2.23. The molecule has 0 spiro atoms. The molecule has 1 aromatic heterocycles. The molecule has 4 heteroatoms. The molecule has 0 radical (unpaired) electrons. The molecule has 4 nitrogen and oxygen atoms in total. The highest BCUT2D eigenvalue weighted by Gasteiger charge is 2.19. The molecule has 3 rings (SSSR count). The molecule has 1 aliphatic heterocycles. The average Bonchev–Trinajstić information content (AvgIpc) is 2.86. The lowest BCUT2D eigenvalue weighted by Gasteiger charge is -1.96. The predicted molar refractivity (Wildman–Crippen MR) is 73.0 cm³/mol. The lowest BCUT2D eigenvalue weighted by atomic mass is 10.2. The molecular weight excluding hydrogens is 224 g/mol. The number of hydrogen-bond donors (Lipinski definition) is 0. The molecule has 0 amide bonds. The Morgan fingerprint density at radius 1 is 1.06 bits per heavy atom. The zero-order valence-electron chi connectivity index (χ0n) is 10.7. The summed E-state index contributed by atoms with van der Waals surface area (Å²) in [6.07, 6.45) is 1.76. The van der Waals surface area contributed by atoms with Crippen molar-refractivity contribution in [1.29, 1.82) is 0 Å². The van der Waals surface area contributed by atoms with Crippen LogP contribution < -0.4 is 0 Å². The fourth-order valence-electron chi connectivity index (χ4n) is 1.91. The third-order valence-electron chi connectivity index (χ3n) is 3.12. The Labute approximate surface area is 106 Å². The first kappa shape index (κ1) is 10.9. The molecule has 18 heavy (non-hydrogen) atoms. The number of imidazole rings is 1. The number of rotatable bonds is 1. The van der Waals surface area contributed by atoms with Gasteiger partial charge in [0.1, 0.15) is 5.71 Å². The largest absolute Gasteiger partial charge is 0.243 e. The van der Waals surface area contributed by atoms with Gasteiger partial charge in [0.15, 0.2) is 5.82 Å². The predicted octanol–water partition coefficient (Wildman–Crippen LogP) is 2.78. The first-order valence-corrected chi connectivity index (χ1v) is 5.91. The van der Waals surface area contributed by atoms with Gasteiger partial charge in [0.2, 0.25) is 0 Å². The molecule has 1 aromatic carbocycles. The highest BCUT2D eigenvalue weighted by molar-refractivity contribution is 6.39. The summed E-state index contributed by atoms with van der Waals surface area (Å²) in [5.41, 5.74) is 5.03. The van der Waals surface area contributed by atoms with Crippen LogP contribution in [0.4, 0.5) is 5.69 Å². The first-order chi connectivity index (χ1) is 8.65. The number of hydrogen-bond acceptors (Lipinski definition) is 3. The molecule has 0 saturated heterocycles. The van der Waals surface area contributed by atoms with E-state index in [0.717, 1.165) is 28.6 Å². The van der Waals surface area contributed by atoms with Crippen LogP contribution in [0.5, 0.6) is 0 Å². The Bertz CT molecular complexity index is 660. The van der Waals surface area contributed by atoms with Crippen molar-refractivity contribution in [1.82, 2.24) is 9.66 Å². The number of aryl methyl sites for hydroxylation is 2. The van der Waals surface area contributed by atoms with E-state index in [0.29, 0.717) is 0 Å². The molecule has 0 bridgehead atoms. The highest BCUT2D eigenvalue weighted by atomic mass is 15.4. The monoisotopic (exact) mass is 238 g/mol. The quantitative estimate of drug-likeness (QED) is 0.753. The van der Waals surface area contributed by atoms with E-state index in [-0.39, 0.29) is 0 Å². The molecular formula is C14H14N4. The molecule has 0 saturated carbocycles. The minimum atomic E-state index is 0.815. The first-order valence-electron chi connectivity index (χ1n) is 5.91. The van der Waals surface area contributed by atoms with Crippen molar-refractivity contribution in [3.63, 3.8) is 0 Å². The third-order valence-corrected chi connectivity index (χ3v) is 3.12. The fraction of sp³-hybridized carbons (Fsp3) is 0.214. The molecule has 0 N–H and O–H groups in total. The minimum absolute atomic E-state index is 0.815. The SMILES string of the molecule is Cc1ccc(N=C2C=Nn3c2nc(C)c3C)cc1. The Balaban J connectivity index is 2.04. The van der Waals surface area contributed by atoms with E-state index < -0.39 is 0 Å². The lowest BCUT2D eigenvalue weighted by molar-refractivity contribution is 0.848. The second-order valence-corrected chi connectivity index (χ2v) is 4.50. The van der Waals surface area contributed by atoms with Crippen molar-refractivity contribution >= 4 is 17.6 Å². The van der Waals surface area contributed by atoms with Gasteiger partial charge in [-0.25, -0.2) is 14.7 Å². The van der Waals surface area contributed by atoms with Crippen LogP contribution >= 0.6 is 0 Å². The maximum atomic E-state index is 4.58. The summed E-state index contributed by atoms with van der Waals surface area (Å²) in [6.45, 7) is 6.06. The summed E-state index contributed by atoms with van der Waals surface area (Å²) < 4.78 is 1.84. The van der Waals surface area contributed by atoms with Gasteiger partial charge in [0.05, 0.1) is 23.3 Å². The van der Waals surface area contributed by atoms with Crippen LogP contribution in [0, 0.1) is 20.8 Å². The van der Waals surface area contributed by atoms with Gasteiger partial charge in [-0.05, 0) is 32.9 Å². The molecule has 0 aliphatic carbocycles. The van der Waals surface area contributed by atoms with Gasteiger partial charge < -0.3 is 0 Å². The lowest BCUT2D eigenvalue weighted by Crippen LogP contribution is -2.01. The molecule has 90 valence electrons. The van der Waals surface area contributed by atoms with Gasteiger partial charge in [0, 0.05) is 0 Å². The van der Waals surface area contributed by atoms with Crippen LogP contribution in [-0.2, 0) is 0 Å². The van der Waals surface area contributed by atoms with Crippen molar-refractivity contribution < 1.29 is 0 Å². The highest BCUT2D eigenvalue weighted by Crippen LogP contribution is 2.18.